The van der Waals surface area contributed by atoms with Crippen molar-refractivity contribution in [1.82, 2.24) is 4.90 Å². The molecule has 0 aromatic rings. The van der Waals surface area contributed by atoms with Crippen LogP contribution in [0, 0.1) is 38.2 Å². The second kappa shape index (κ2) is 5.57. The maximum absolute atomic E-state index is 11.1. The normalized spacial score (nSPS) is 23.5. The zero-order chi connectivity index (χ0) is 15.6. The molecular weight excluding hydrogens is 268 g/mol. The van der Waals surface area contributed by atoms with Gasteiger partial charge in [0.15, 0.2) is 6.07 Å². The molecule has 0 aromatic carbocycles. The monoisotopic (exact) mass is 286 g/mol. The van der Waals surface area contributed by atoms with E-state index < -0.39 is 10.6 Å². The summed E-state index contributed by atoms with van der Waals surface area (Å²) >= 11 is 0. The van der Waals surface area contributed by atoms with Gasteiger partial charge in [-0.3, -0.25) is 10.1 Å². The Morgan fingerprint density at radius 1 is 1.29 bits per heavy atom. The number of nitrogens with zero attached hydrogens (tertiary/aromatic N) is 4. The first-order valence-electron chi connectivity index (χ1n) is 7.06. The lowest BCUT2D eigenvalue weighted by Crippen LogP contribution is -2.30. The van der Waals surface area contributed by atoms with Crippen molar-refractivity contribution >= 4 is 0 Å². The van der Waals surface area contributed by atoms with Crippen LogP contribution in [0.1, 0.15) is 39.5 Å². The van der Waals surface area contributed by atoms with Crippen LogP contribution in [0.15, 0.2) is 22.5 Å². The van der Waals surface area contributed by atoms with E-state index in [1.807, 2.05) is 13.8 Å². The molecule has 0 bridgehead atoms. The van der Waals surface area contributed by atoms with Crippen LogP contribution in [0.25, 0.3) is 0 Å². The number of nitriles is 2. The maximum Gasteiger partial charge on any atom is 0.350 e. The van der Waals surface area contributed by atoms with Crippen LogP contribution in [-0.2, 0) is 0 Å². The molecule has 1 saturated heterocycles. The van der Waals surface area contributed by atoms with Crippen molar-refractivity contribution in [3.05, 3.63) is 32.7 Å². The second-order valence-corrected chi connectivity index (χ2v) is 6.34. The second-order valence-electron chi connectivity index (χ2n) is 6.34. The molecule has 0 amide bonds. The fraction of sp³-hybridized carbons (Fsp3) is 0.600. The fourth-order valence-electron chi connectivity index (χ4n) is 3.15. The summed E-state index contributed by atoms with van der Waals surface area (Å²) in [5, 5.41) is 29.7. The molecule has 21 heavy (non-hydrogen) atoms. The van der Waals surface area contributed by atoms with Gasteiger partial charge in [0.2, 0.25) is 0 Å². The molecule has 1 fully saturated rings. The van der Waals surface area contributed by atoms with Crippen molar-refractivity contribution in [3.63, 3.8) is 0 Å². The molecule has 1 aliphatic heterocycles. The number of nitro groups is 1. The van der Waals surface area contributed by atoms with Crippen LogP contribution >= 0.6 is 0 Å². The number of rotatable bonds is 2. The Hall–Kier alpha value is -2.34. The van der Waals surface area contributed by atoms with Gasteiger partial charge in [0.25, 0.3) is 0 Å². The summed E-state index contributed by atoms with van der Waals surface area (Å²) in [5.74, 6) is 0. The van der Waals surface area contributed by atoms with Crippen molar-refractivity contribution in [2.24, 2.45) is 5.41 Å². The Balaban J connectivity index is 2.63. The molecule has 0 aromatic heterocycles. The van der Waals surface area contributed by atoms with Crippen molar-refractivity contribution < 1.29 is 4.92 Å². The first-order valence-corrected chi connectivity index (χ1v) is 7.06. The third-order valence-corrected chi connectivity index (χ3v) is 4.07. The van der Waals surface area contributed by atoms with Gasteiger partial charge in [0.1, 0.15) is 6.07 Å². The van der Waals surface area contributed by atoms with Crippen LogP contribution in [0.2, 0.25) is 0 Å². The van der Waals surface area contributed by atoms with Gasteiger partial charge in [0.05, 0.1) is 16.1 Å². The van der Waals surface area contributed by atoms with E-state index in [9.17, 15) is 15.4 Å². The van der Waals surface area contributed by atoms with E-state index in [-0.39, 0.29) is 5.41 Å². The Morgan fingerprint density at radius 2 is 1.90 bits per heavy atom. The van der Waals surface area contributed by atoms with Crippen LogP contribution in [-0.4, -0.2) is 22.9 Å². The molecule has 2 rings (SSSR count). The van der Waals surface area contributed by atoms with E-state index in [0.717, 1.165) is 38.0 Å². The van der Waals surface area contributed by atoms with Crippen LogP contribution in [0.5, 0.6) is 0 Å². The Kier molecular flexibility index (Phi) is 3.99. The highest BCUT2D eigenvalue weighted by atomic mass is 16.6. The molecule has 2 aliphatic rings. The summed E-state index contributed by atoms with van der Waals surface area (Å²) < 4.78 is 0. The quantitative estimate of drug-likeness (QED) is 0.442. The fourth-order valence-corrected chi connectivity index (χ4v) is 3.15. The molecule has 0 N–H and O–H groups in total. The molecular formula is C15H18N4O2. The van der Waals surface area contributed by atoms with Gasteiger partial charge in [-0.1, -0.05) is 13.8 Å². The van der Waals surface area contributed by atoms with Gasteiger partial charge >= 0.3 is 5.70 Å². The molecule has 0 spiro atoms. The average molecular weight is 286 g/mol. The Morgan fingerprint density at radius 3 is 2.38 bits per heavy atom. The number of hydrogen-bond donors (Lipinski definition) is 0. The summed E-state index contributed by atoms with van der Waals surface area (Å²) in [6.07, 6.45) is 3.25. The molecule has 0 atom stereocenters. The molecule has 0 saturated carbocycles. The SMILES string of the molecule is CC1(C)CC(N2CCCC2)=C(C#N)/C(=C(/C#N)[N+](=O)[O-])C1. The first-order chi connectivity index (χ1) is 9.89. The molecule has 1 heterocycles. The van der Waals surface area contributed by atoms with Gasteiger partial charge in [-0.2, -0.15) is 10.5 Å². The first kappa shape index (κ1) is 15.1. The van der Waals surface area contributed by atoms with E-state index in [4.69, 9.17) is 5.26 Å². The van der Waals surface area contributed by atoms with Crippen LogP contribution in [0.4, 0.5) is 0 Å². The van der Waals surface area contributed by atoms with Crippen molar-refractivity contribution in [1.29, 1.82) is 10.5 Å². The highest BCUT2D eigenvalue weighted by molar-refractivity contribution is 5.51. The molecule has 6 heteroatoms. The minimum atomic E-state index is -0.671. The van der Waals surface area contributed by atoms with Gasteiger partial charge in [-0.25, -0.2) is 0 Å². The van der Waals surface area contributed by atoms with Crippen LogP contribution in [0.3, 0.4) is 0 Å². The van der Waals surface area contributed by atoms with Crippen molar-refractivity contribution in [2.45, 2.75) is 39.5 Å². The number of likely N-dealkylation sites (tertiary alicyclic amines) is 1. The average Bonchev–Trinajstić information content (AvgIpc) is 2.91. The van der Waals surface area contributed by atoms with Gasteiger partial charge in [-0.15, -0.1) is 0 Å². The molecule has 0 unspecified atom stereocenters. The zero-order valence-corrected chi connectivity index (χ0v) is 12.3. The molecule has 6 nitrogen and oxygen atoms in total. The molecule has 1 aliphatic carbocycles. The molecule has 0 radical (unpaired) electrons. The third-order valence-electron chi connectivity index (χ3n) is 4.07. The summed E-state index contributed by atoms with van der Waals surface area (Å²) in [7, 11) is 0. The minimum absolute atomic E-state index is 0.189. The van der Waals surface area contributed by atoms with Crippen molar-refractivity contribution in [2.75, 3.05) is 13.1 Å². The topological polar surface area (TPSA) is 94.0 Å². The Labute approximate surface area is 124 Å². The predicted octanol–water partition coefficient (Wildman–Crippen LogP) is 2.73. The summed E-state index contributed by atoms with van der Waals surface area (Å²) in [5.41, 5.74) is 0.825. The van der Waals surface area contributed by atoms with Crippen molar-refractivity contribution in [3.8, 4) is 12.1 Å². The van der Waals surface area contributed by atoms with Crippen LogP contribution < -0.4 is 0 Å². The highest BCUT2D eigenvalue weighted by Gasteiger charge is 2.38. The highest BCUT2D eigenvalue weighted by Crippen LogP contribution is 2.44. The lowest BCUT2D eigenvalue weighted by atomic mass is 9.73. The zero-order valence-electron chi connectivity index (χ0n) is 12.3. The molecule has 110 valence electrons. The minimum Gasteiger partial charge on any atom is -0.374 e. The maximum atomic E-state index is 11.1. The van der Waals surface area contributed by atoms with E-state index in [2.05, 4.69) is 11.0 Å². The van der Waals surface area contributed by atoms with Gasteiger partial charge in [0, 0.05) is 18.8 Å². The van der Waals surface area contributed by atoms with E-state index in [1.54, 1.807) is 6.07 Å². The Bertz CT molecular complexity index is 611. The third kappa shape index (κ3) is 2.90. The largest absolute Gasteiger partial charge is 0.374 e. The summed E-state index contributed by atoms with van der Waals surface area (Å²) in [6, 6.07) is 3.77. The van der Waals surface area contributed by atoms with Gasteiger partial charge < -0.3 is 4.90 Å². The van der Waals surface area contributed by atoms with E-state index >= 15 is 0 Å². The number of hydrogen-bond acceptors (Lipinski definition) is 5. The standard InChI is InChI=1S/C15H18N4O2/c1-15(2)7-11(14(10-17)19(20)21)12(9-16)13(8-15)18-5-3-4-6-18/h3-8H2,1-2H3/b14-11-. The van der Waals surface area contributed by atoms with E-state index in [0.29, 0.717) is 17.6 Å². The van der Waals surface area contributed by atoms with E-state index in [1.165, 1.54) is 0 Å². The summed E-state index contributed by atoms with van der Waals surface area (Å²) in [6.45, 7) is 5.80. The lowest BCUT2D eigenvalue weighted by molar-refractivity contribution is -0.418. The lowest BCUT2D eigenvalue weighted by Gasteiger charge is -2.36. The summed E-state index contributed by atoms with van der Waals surface area (Å²) in [4.78, 5) is 12.6. The number of allylic oxidation sites excluding steroid dienone is 4. The predicted molar refractivity (Wildman–Crippen MR) is 76.1 cm³/mol. The smallest absolute Gasteiger partial charge is 0.350 e. The van der Waals surface area contributed by atoms with Gasteiger partial charge in [-0.05, 0) is 31.1 Å².